The van der Waals surface area contributed by atoms with Crippen LogP contribution in [0.3, 0.4) is 0 Å². The van der Waals surface area contributed by atoms with Crippen LogP contribution in [0.5, 0.6) is 5.75 Å². The first-order chi connectivity index (χ1) is 15.5. The second kappa shape index (κ2) is 9.42. The number of anilines is 1. The Bertz CT molecular complexity index is 994. The molecule has 0 radical (unpaired) electrons. The molecule has 0 bridgehead atoms. The molecule has 1 fully saturated rings. The SMILES string of the molecule is CCOc1ccc(C2=C(N3CCN(c4ccccn4)CC3)C(=O)N(CC(C)C)C2=O)cc1. The molecule has 0 aliphatic carbocycles. The minimum absolute atomic E-state index is 0.195. The number of hydrogen-bond acceptors (Lipinski definition) is 6. The summed E-state index contributed by atoms with van der Waals surface area (Å²) >= 11 is 0. The highest BCUT2D eigenvalue weighted by atomic mass is 16.5. The maximum Gasteiger partial charge on any atom is 0.277 e. The molecule has 1 saturated heterocycles. The number of nitrogens with zero attached hydrogens (tertiary/aromatic N) is 4. The van der Waals surface area contributed by atoms with E-state index in [1.54, 1.807) is 6.20 Å². The standard InChI is InChI=1S/C25H30N4O3/c1-4-32-20-10-8-19(9-11-20)22-23(25(31)29(24(22)30)17-18(2)3)28-15-13-27(14-16-28)21-7-5-6-12-26-21/h5-12,18H,4,13-17H2,1-3H3. The highest BCUT2D eigenvalue weighted by molar-refractivity contribution is 6.35. The van der Waals surface area contributed by atoms with E-state index in [1.165, 1.54) is 4.90 Å². The maximum absolute atomic E-state index is 13.4. The third-order valence-corrected chi connectivity index (χ3v) is 5.71. The molecule has 0 atom stereocenters. The molecule has 0 spiro atoms. The van der Waals surface area contributed by atoms with Crippen LogP contribution in [0.15, 0.2) is 54.4 Å². The molecule has 2 aliphatic rings. The Labute approximate surface area is 189 Å². The molecule has 4 rings (SSSR count). The van der Waals surface area contributed by atoms with Gasteiger partial charge < -0.3 is 14.5 Å². The van der Waals surface area contributed by atoms with E-state index >= 15 is 0 Å². The third kappa shape index (κ3) is 4.33. The summed E-state index contributed by atoms with van der Waals surface area (Å²) in [6, 6.07) is 13.3. The molecule has 1 aromatic heterocycles. The number of ether oxygens (including phenoxy) is 1. The van der Waals surface area contributed by atoms with Crippen molar-refractivity contribution < 1.29 is 14.3 Å². The van der Waals surface area contributed by atoms with Crippen molar-refractivity contribution in [2.24, 2.45) is 5.92 Å². The summed E-state index contributed by atoms with van der Waals surface area (Å²) in [4.78, 5) is 36.9. The molecule has 2 aromatic rings. The van der Waals surface area contributed by atoms with Crippen LogP contribution in [0, 0.1) is 5.92 Å². The molecule has 7 heteroatoms. The molecule has 168 valence electrons. The maximum atomic E-state index is 13.4. The van der Waals surface area contributed by atoms with Gasteiger partial charge in [0, 0.05) is 38.9 Å². The van der Waals surface area contributed by atoms with Crippen molar-refractivity contribution >= 4 is 23.2 Å². The molecular weight excluding hydrogens is 404 g/mol. The van der Waals surface area contributed by atoms with Gasteiger partial charge in [0.05, 0.1) is 12.2 Å². The molecule has 1 aromatic carbocycles. The number of carbonyl (C=O) groups excluding carboxylic acids is 2. The fourth-order valence-corrected chi connectivity index (χ4v) is 4.23. The van der Waals surface area contributed by atoms with E-state index in [1.807, 2.05) is 63.2 Å². The van der Waals surface area contributed by atoms with Crippen molar-refractivity contribution in [2.45, 2.75) is 20.8 Å². The fourth-order valence-electron chi connectivity index (χ4n) is 4.23. The van der Waals surface area contributed by atoms with E-state index in [0.717, 1.165) is 30.2 Å². The van der Waals surface area contributed by atoms with E-state index in [9.17, 15) is 9.59 Å². The second-order valence-corrected chi connectivity index (χ2v) is 8.46. The zero-order valence-corrected chi connectivity index (χ0v) is 19.0. The normalized spacial score (nSPS) is 17.1. The van der Waals surface area contributed by atoms with Crippen molar-refractivity contribution in [1.82, 2.24) is 14.8 Å². The highest BCUT2D eigenvalue weighted by Crippen LogP contribution is 2.33. The molecule has 7 nitrogen and oxygen atoms in total. The van der Waals surface area contributed by atoms with Crippen LogP contribution < -0.4 is 9.64 Å². The van der Waals surface area contributed by atoms with Crippen LogP contribution in [0.4, 0.5) is 5.82 Å². The molecule has 3 heterocycles. The number of amides is 2. The Hall–Kier alpha value is -3.35. The summed E-state index contributed by atoms with van der Waals surface area (Å²) < 4.78 is 5.54. The van der Waals surface area contributed by atoms with Gasteiger partial charge in [-0.1, -0.05) is 32.0 Å². The van der Waals surface area contributed by atoms with Gasteiger partial charge in [-0.15, -0.1) is 0 Å². The molecule has 2 amide bonds. The number of rotatable bonds is 7. The van der Waals surface area contributed by atoms with E-state index < -0.39 is 0 Å². The summed E-state index contributed by atoms with van der Waals surface area (Å²) in [5, 5.41) is 0. The van der Waals surface area contributed by atoms with Crippen LogP contribution in [0.1, 0.15) is 26.3 Å². The topological polar surface area (TPSA) is 66.0 Å². The minimum Gasteiger partial charge on any atom is -0.494 e. The minimum atomic E-state index is -0.213. The molecule has 32 heavy (non-hydrogen) atoms. The lowest BCUT2D eigenvalue weighted by atomic mass is 10.0. The van der Waals surface area contributed by atoms with Crippen LogP contribution in [0.2, 0.25) is 0 Å². The summed E-state index contributed by atoms with van der Waals surface area (Å²) in [6.07, 6.45) is 1.79. The Morgan fingerprint density at radius 1 is 0.938 bits per heavy atom. The number of benzene rings is 1. The lowest BCUT2D eigenvalue weighted by Gasteiger charge is -2.37. The first-order valence-electron chi connectivity index (χ1n) is 11.2. The first kappa shape index (κ1) is 21.9. The van der Waals surface area contributed by atoms with Gasteiger partial charge in [0.1, 0.15) is 17.3 Å². The largest absolute Gasteiger partial charge is 0.494 e. The van der Waals surface area contributed by atoms with Crippen molar-refractivity contribution in [1.29, 1.82) is 0 Å². The smallest absolute Gasteiger partial charge is 0.277 e. The summed E-state index contributed by atoms with van der Waals surface area (Å²) in [6.45, 7) is 9.74. The lowest BCUT2D eigenvalue weighted by Crippen LogP contribution is -2.48. The van der Waals surface area contributed by atoms with Crippen molar-refractivity contribution in [3.05, 3.63) is 59.9 Å². The van der Waals surface area contributed by atoms with E-state index in [4.69, 9.17) is 4.74 Å². The monoisotopic (exact) mass is 434 g/mol. The lowest BCUT2D eigenvalue weighted by molar-refractivity contribution is -0.138. The Morgan fingerprint density at radius 2 is 1.62 bits per heavy atom. The number of hydrogen-bond donors (Lipinski definition) is 0. The van der Waals surface area contributed by atoms with Gasteiger partial charge in [-0.3, -0.25) is 14.5 Å². The van der Waals surface area contributed by atoms with Gasteiger partial charge in [-0.25, -0.2) is 4.98 Å². The van der Waals surface area contributed by atoms with Crippen LogP contribution in [-0.4, -0.2) is 65.9 Å². The van der Waals surface area contributed by atoms with E-state index in [2.05, 4.69) is 14.8 Å². The Kier molecular flexibility index (Phi) is 6.44. The molecule has 0 N–H and O–H groups in total. The number of piperazine rings is 1. The number of imide groups is 1. The van der Waals surface area contributed by atoms with Gasteiger partial charge in [0.2, 0.25) is 0 Å². The van der Waals surface area contributed by atoms with E-state index in [-0.39, 0.29) is 17.7 Å². The number of pyridine rings is 1. The highest BCUT2D eigenvalue weighted by Gasteiger charge is 2.42. The molecular formula is C25H30N4O3. The second-order valence-electron chi connectivity index (χ2n) is 8.46. The number of aromatic nitrogens is 1. The average molecular weight is 435 g/mol. The first-order valence-corrected chi connectivity index (χ1v) is 11.2. The van der Waals surface area contributed by atoms with Crippen LogP contribution in [-0.2, 0) is 9.59 Å². The number of carbonyl (C=O) groups is 2. The van der Waals surface area contributed by atoms with Gasteiger partial charge >= 0.3 is 0 Å². The molecule has 0 unspecified atom stereocenters. The average Bonchev–Trinajstić information content (AvgIpc) is 3.05. The molecule has 0 saturated carbocycles. The van der Waals surface area contributed by atoms with Gasteiger partial charge in [-0.05, 0) is 42.7 Å². The van der Waals surface area contributed by atoms with Crippen LogP contribution in [0.25, 0.3) is 5.57 Å². The van der Waals surface area contributed by atoms with Gasteiger partial charge in [0.25, 0.3) is 11.8 Å². The predicted molar refractivity (Wildman–Crippen MR) is 124 cm³/mol. The van der Waals surface area contributed by atoms with Gasteiger partial charge in [-0.2, -0.15) is 0 Å². The summed E-state index contributed by atoms with van der Waals surface area (Å²) in [5.74, 6) is 1.47. The van der Waals surface area contributed by atoms with Crippen molar-refractivity contribution in [3.8, 4) is 5.75 Å². The van der Waals surface area contributed by atoms with Crippen molar-refractivity contribution in [3.63, 3.8) is 0 Å². The predicted octanol–water partition coefficient (Wildman–Crippen LogP) is 3.04. The van der Waals surface area contributed by atoms with Crippen molar-refractivity contribution in [2.75, 3.05) is 44.2 Å². The van der Waals surface area contributed by atoms with Gasteiger partial charge in [0.15, 0.2) is 0 Å². The third-order valence-electron chi connectivity index (χ3n) is 5.71. The zero-order valence-electron chi connectivity index (χ0n) is 19.0. The summed E-state index contributed by atoms with van der Waals surface area (Å²) in [5.41, 5.74) is 1.76. The molecule has 2 aliphatic heterocycles. The van der Waals surface area contributed by atoms with E-state index in [0.29, 0.717) is 37.5 Å². The fraction of sp³-hybridized carbons (Fsp3) is 0.400. The quantitative estimate of drug-likeness (QED) is 0.624. The summed E-state index contributed by atoms with van der Waals surface area (Å²) in [7, 11) is 0. The zero-order chi connectivity index (χ0) is 22.7. The van der Waals surface area contributed by atoms with Crippen LogP contribution >= 0.6 is 0 Å². The Morgan fingerprint density at radius 3 is 2.22 bits per heavy atom. The Balaban J connectivity index is 1.63.